The van der Waals surface area contributed by atoms with Crippen LogP contribution in [0.1, 0.15) is 51.1 Å². The number of benzene rings is 1. The molecule has 1 aromatic carbocycles. The molecule has 1 aliphatic heterocycles. The van der Waals surface area contributed by atoms with Gasteiger partial charge in [-0.3, -0.25) is 4.79 Å². The predicted octanol–water partition coefficient (Wildman–Crippen LogP) is 3.11. The molecule has 0 spiro atoms. The second kappa shape index (κ2) is 6.89. The molecule has 1 aliphatic rings. The number of nitrogens with zero attached hydrogens (tertiary/aromatic N) is 1. The third-order valence-electron chi connectivity index (χ3n) is 4.59. The predicted molar refractivity (Wildman–Crippen MR) is 82.2 cm³/mol. The summed E-state index contributed by atoms with van der Waals surface area (Å²) in [4.78, 5) is 14.4. The third-order valence-corrected chi connectivity index (χ3v) is 4.59. The Morgan fingerprint density at radius 3 is 2.75 bits per heavy atom. The lowest BCUT2D eigenvalue weighted by atomic mass is 9.91. The van der Waals surface area contributed by atoms with Gasteiger partial charge in [-0.15, -0.1) is 0 Å². The van der Waals surface area contributed by atoms with Crippen LogP contribution in [0.3, 0.4) is 0 Å². The van der Waals surface area contributed by atoms with Gasteiger partial charge in [0.05, 0.1) is 0 Å². The summed E-state index contributed by atoms with van der Waals surface area (Å²) in [5.41, 5.74) is 7.28. The molecule has 3 nitrogen and oxygen atoms in total. The van der Waals surface area contributed by atoms with E-state index < -0.39 is 0 Å². The summed E-state index contributed by atoms with van der Waals surface area (Å²) in [7, 11) is 0. The van der Waals surface area contributed by atoms with Gasteiger partial charge in [0.2, 0.25) is 5.91 Å². The van der Waals surface area contributed by atoms with Crippen LogP contribution in [0.2, 0.25) is 0 Å². The first-order valence-electron chi connectivity index (χ1n) is 7.69. The second-order valence-corrected chi connectivity index (χ2v) is 6.00. The molecule has 2 N–H and O–H groups in total. The Balaban J connectivity index is 1.86. The van der Waals surface area contributed by atoms with E-state index in [4.69, 9.17) is 5.73 Å². The van der Waals surface area contributed by atoms with Gasteiger partial charge in [0, 0.05) is 25.0 Å². The van der Waals surface area contributed by atoms with E-state index in [-0.39, 0.29) is 11.9 Å². The molecule has 1 saturated heterocycles. The number of nitrogens with two attached hydrogens (primary N) is 1. The molecule has 20 heavy (non-hydrogen) atoms. The van der Waals surface area contributed by atoms with Crippen LogP contribution in [0.4, 0.5) is 0 Å². The highest BCUT2D eigenvalue weighted by molar-refractivity contribution is 5.76. The Bertz CT molecular complexity index is 432. The van der Waals surface area contributed by atoms with Gasteiger partial charge in [-0.05, 0) is 37.7 Å². The maximum atomic E-state index is 12.4. The fourth-order valence-corrected chi connectivity index (χ4v) is 2.98. The highest BCUT2D eigenvalue weighted by Gasteiger charge is 2.28. The van der Waals surface area contributed by atoms with E-state index in [2.05, 4.69) is 13.8 Å². The number of rotatable bonds is 4. The van der Waals surface area contributed by atoms with Crippen LogP contribution in [0.15, 0.2) is 30.3 Å². The van der Waals surface area contributed by atoms with E-state index in [1.165, 1.54) is 6.42 Å². The Hall–Kier alpha value is -1.35. The molecule has 1 heterocycles. The van der Waals surface area contributed by atoms with Crippen molar-refractivity contribution in [1.82, 2.24) is 4.90 Å². The minimum absolute atomic E-state index is 0.0438. The number of piperidine rings is 1. The van der Waals surface area contributed by atoms with Gasteiger partial charge in [0.1, 0.15) is 0 Å². The molecule has 3 heteroatoms. The third kappa shape index (κ3) is 3.60. The van der Waals surface area contributed by atoms with Crippen LogP contribution >= 0.6 is 0 Å². The summed E-state index contributed by atoms with van der Waals surface area (Å²) in [5, 5.41) is 0. The van der Waals surface area contributed by atoms with Gasteiger partial charge < -0.3 is 10.6 Å². The molecule has 0 saturated carbocycles. The van der Waals surface area contributed by atoms with Gasteiger partial charge in [-0.25, -0.2) is 0 Å². The number of amides is 1. The zero-order valence-corrected chi connectivity index (χ0v) is 12.6. The topological polar surface area (TPSA) is 46.3 Å². The zero-order chi connectivity index (χ0) is 14.5. The van der Waals surface area contributed by atoms with Crippen molar-refractivity contribution in [2.75, 3.05) is 6.54 Å². The fourth-order valence-electron chi connectivity index (χ4n) is 2.98. The molecular weight excluding hydrogens is 248 g/mol. The summed E-state index contributed by atoms with van der Waals surface area (Å²) in [6.07, 6.45) is 3.63. The smallest absolute Gasteiger partial charge is 0.222 e. The Morgan fingerprint density at radius 1 is 1.35 bits per heavy atom. The highest BCUT2D eigenvalue weighted by Crippen LogP contribution is 2.24. The quantitative estimate of drug-likeness (QED) is 0.917. The molecule has 0 unspecified atom stereocenters. The maximum Gasteiger partial charge on any atom is 0.222 e. The van der Waals surface area contributed by atoms with Crippen LogP contribution in [0.5, 0.6) is 0 Å². The SMILES string of the molecule is C[C@@H]1CCCN(C(=O)CC[C@@H](N)c2ccccc2)[C@@H]1C. The van der Waals surface area contributed by atoms with Crippen molar-refractivity contribution in [3.8, 4) is 0 Å². The number of carbonyl (C=O) groups is 1. The van der Waals surface area contributed by atoms with Gasteiger partial charge in [0.25, 0.3) is 0 Å². The standard InChI is InChI=1S/C17H26N2O/c1-13-7-6-12-19(14(13)2)17(20)11-10-16(18)15-8-4-3-5-9-15/h3-5,8-9,13-14,16H,6-7,10-12,18H2,1-2H3/t13-,14-,16-/m1/s1. The average Bonchev–Trinajstić information content (AvgIpc) is 2.48. The van der Waals surface area contributed by atoms with E-state index in [0.717, 1.165) is 24.9 Å². The first-order chi connectivity index (χ1) is 9.59. The van der Waals surface area contributed by atoms with Crippen molar-refractivity contribution >= 4 is 5.91 Å². The lowest BCUT2D eigenvalue weighted by Gasteiger charge is -2.38. The number of hydrogen-bond acceptors (Lipinski definition) is 2. The summed E-state index contributed by atoms with van der Waals surface area (Å²) < 4.78 is 0. The normalized spacial score (nSPS) is 24.4. The second-order valence-electron chi connectivity index (χ2n) is 6.00. The molecule has 1 amide bonds. The van der Waals surface area contributed by atoms with Crippen LogP contribution in [0, 0.1) is 5.92 Å². The van der Waals surface area contributed by atoms with E-state index in [9.17, 15) is 4.79 Å². The molecule has 0 aliphatic carbocycles. The van der Waals surface area contributed by atoms with E-state index >= 15 is 0 Å². The molecule has 0 radical (unpaired) electrons. The molecule has 1 fully saturated rings. The van der Waals surface area contributed by atoms with Crippen molar-refractivity contribution in [3.05, 3.63) is 35.9 Å². The molecule has 110 valence electrons. The Kier molecular flexibility index (Phi) is 5.18. The van der Waals surface area contributed by atoms with Crippen LogP contribution < -0.4 is 5.73 Å². The summed E-state index contributed by atoms with van der Waals surface area (Å²) in [6.45, 7) is 5.31. The van der Waals surface area contributed by atoms with Crippen molar-refractivity contribution < 1.29 is 4.79 Å². The molecule has 3 atom stereocenters. The van der Waals surface area contributed by atoms with Gasteiger partial charge in [-0.1, -0.05) is 37.3 Å². The molecule has 0 bridgehead atoms. The minimum atomic E-state index is -0.0438. The lowest BCUT2D eigenvalue weighted by molar-refractivity contribution is -0.135. The lowest BCUT2D eigenvalue weighted by Crippen LogP contribution is -2.46. The van der Waals surface area contributed by atoms with Crippen molar-refractivity contribution in [3.63, 3.8) is 0 Å². The molecule has 0 aromatic heterocycles. The largest absolute Gasteiger partial charge is 0.340 e. The van der Waals surface area contributed by atoms with Crippen molar-refractivity contribution in [2.45, 2.75) is 51.6 Å². The summed E-state index contributed by atoms with van der Waals surface area (Å²) >= 11 is 0. The monoisotopic (exact) mass is 274 g/mol. The highest BCUT2D eigenvalue weighted by atomic mass is 16.2. The Morgan fingerprint density at radius 2 is 2.05 bits per heavy atom. The van der Waals surface area contributed by atoms with Crippen molar-refractivity contribution in [1.29, 1.82) is 0 Å². The molecular formula is C17H26N2O. The number of hydrogen-bond donors (Lipinski definition) is 1. The maximum absolute atomic E-state index is 12.4. The van der Waals surface area contributed by atoms with Crippen LogP contribution in [-0.4, -0.2) is 23.4 Å². The molecule has 1 aromatic rings. The van der Waals surface area contributed by atoms with Gasteiger partial charge in [-0.2, -0.15) is 0 Å². The Labute approximate surface area is 122 Å². The van der Waals surface area contributed by atoms with E-state index in [1.54, 1.807) is 0 Å². The van der Waals surface area contributed by atoms with Gasteiger partial charge in [0.15, 0.2) is 0 Å². The number of likely N-dealkylation sites (tertiary alicyclic amines) is 1. The van der Waals surface area contributed by atoms with Crippen LogP contribution in [0.25, 0.3) is 0 Å². The first kappa shape index (κ1) is 15.0. The molecule has 2 rings (SSSR count). The zero-order valence-electron chi connectivity index (χ0n) is 12.6. The first-order valence-corrected chi connectivity index (χ1v) is 7.69. The minimum Gasteiger partial charge on any atom is -0.340 e. The van der Waals surface area contributed by atoms with E-state index in [1.807, 2.05) is 35.2 Å². The number of carbonyl (C=O) groups excluding carboxylic acids is 1. The van der Waals surface area contributed by atoms with Gasteiger partial charge >= 0.3 is 0 Å². The summed E-state index contributed by atoms with van der Waals surface area (Å²) in [5.74, 6) is 0.867. The van der Waals surface area contributed by atoms with Crippen LogP contribution in [-0.2, 0) is 4.79 Å². The summed E-state index contributed by atoms with van der Waals surface area (Å²) in [6, 6.07) is 10.3. The van der Waals surface area contributed by atoms with Crippen molar-refractivity contribution in [2.24, 2.45) is 11.7 Å². The average molecular weight is 274 g/mol. The van der Waals surface area contributed by atoms with E-state index in [0.29, 0.717) is 18.4 Å². The fraction of sp³-hybridized carbons (Fsp3) is 0.588.